The quantitative estimate of drug-likeness (QED) is 0.490. The number of piperidine rings is 1. The van der Waals surface area contributed by atoms with Crippen molar-refractivity contribution in [3.8, 4) is 0 Å². The van der Waals surface area contributed by atoms with Crippen LogP contribution in [0.3, 0.4) is 0 Å². The Morgan fingerprint density at radius 2 is 1.16 bits per heavy atom. The van der Waals surface area contributed by atoms with E-state index in [9.17, 15) is 10.2 Å². The van der Waals surface area contributed by atoms with E-state index in [4.69, 9.17) is 0 Å². The van der Waals surface area contributed by atoms with Gasteiger partial charge in [-0.15, -0.1) is 0 Å². The van der Waals surface area contributed by atoms with Crippen LogP contribution in [0.2, 0.25) is 0 Å². The standard InChI is InChI=1S/C32H41N3O2/c1-26-12-14-29(15-13-26)32(37)16-18-33(19-17-32)24-30(36)25-34-20-22-35(23-21-34)31(27-8-4-2-5-9-27)28-10-6-3-7-11-28/h2-15,30-31,36-37H,16-25H2,1H3. The molecule has 1 atom stereocenters. The molecule has 196 valence electrons. The largest absolute Gasteiger partial charge is 0.390 e. The minimum absolute atomic E-state index is 0.259. The summed E-state index contributed by atoms with van der Waals surface area (Å²) in [5, 5.41) is 22.1. The molecule has 2 aliphatic heterocycles. The summed E-state index contributed by atoms with van der Waals surface area (Å²) in [4.78, 5) is 7.29. The zero-order valence-electron chi connectivity index (χ0n) is 22.0. The van der Waals surface area contributed by atoms with Crippen molar-refractivity contribution in [1.29, 1.82) is 0 Å². The Morgan fingerprint density at radius 3 is 1.68 bits per heavy atom. The van der Waals surface area contributed by atoms with Gasteiger partial charge in [0.25, 0.3) is 0 Å². The van der Waals surface area contributed by atoms with Gasteiger partial charge in [-0.25, -0.2) is 0 Å². The Bertz CT molecular complexity index is 1050. The van der Waals surface area contributed by atoms with Crippen LogP contribution in [0, 0.1) is 6.92 Å². The lowest BCUT2D eigenvalue weighted by atomic mass is 9.84. The highest BCUT2D eigenvalue weighted by Gasteiger charge is 2.34. The molecule has 0 radical (unpaired) electrons. The highest BCUT2D eigenvalue weighted by atomic mass is 16.3. The van der Waals surface area contributed by atoms with E-state index in [1.165, 1.54) is 16.7 Å². The number of piperazine rings is 1. The van der Waals surface area contributed by atoms with E-state index >= 15 is 0 Å². The summed E-state index contributed by atoms with van der Waals surface area (Å²) >= 11 is 0. The first-order chi connectivity index (χ1) is 18.0. The Morgan fingerprint density at radius 1 is 0.676 bits per heavy atom. The van der Waals surface area contributed by atoms with E-state index in [0.29, 0.717) is 25.9 Å². The van der Waals surface area contributed by atoms with Crippen molar-refractivity contribution in [3.63, 3.8) is 0 Å². The molecule has 2 fully saturated rings. The second kappa shape index (κ2) is 11.9. The number of aliphatic hydroxyl groups excluding tert-OH is 1. The molecule has 3 aromatic carbocycles. The Labute approximate surface area is 222 Å². The smallest absolute Gasteiger partial charge is 0.0920 e. The van der Waals surface area contributed by atoms with Gasteiger partial charge in [0.05, 0.1) is 17.7 Å². The number of nitrogens with zero attached hydrogens (tertiary/aromatic N) is 3. The molecule has 5 nitrogen and oxygen atoms in total. The van der Waals surface area contributed by atoms with Gasteiger partial charge < -0.3 is 15.1 Å². The number of aryl methyl sites for hydroxylation is 1. The molecule has 37 heavy (non-hydrogen) atoms. The number of rotatable bonds is 8. The summed E-state index contributed by atoms with van der Waals surface area (Å²) in [6.07, 6.45) is 1.04. The highest BCUT2D eigenvalue weighted by Crippen LogP contribution is 2.33. The number of aliphatic hydroxyl groups is 2. The first-order valence-electron chi connectivity index (χ1n) is 13.8. The Kier molecular flexibility index (Phi) is 8.38. The van der Waals surface area contributed by atoms with Crippen LogP contribution in [-0.2, 0) is 5.60 Å². The molecule has 0 bridgehead atoms. The first-order valence-corrected chi connectivity index (χ1v) is 13.8. The molecule has 2 heterocycles. The summed E-state index contributed by atoms with van der Waals surface area (Å²) < 4.78 is 0. The third-order valence-electron chi connectivity index (χ3n) is 8.21. The lowest BCUT2D eigenvalue weighted by molar-refractivity contribution is -0.0376. The van der Waals surface area contributed by atoms with Crippen LogP contribution in [0.5, 0.6) is 0 Å². The summed E-state index contributed by atoms with van der Waals surface area (Å²) in [5.41, 5.74) is 4.14. The third-order valence-corrected chi connectivity index (χ3v) is 8.21. The molecule has 5 heteroatoms. The van der Waals surface area contributed by atoms with Crippen molar-refractivity contribution in [3.05, 3.63) is 107 Å². The molecular weight excluding hydrogens is 458 g/mol. The molecule has 2 saturated heterocycles. The fourth-order valence-corrected chi connectivity index (χ4v) is 6.00. The van der Waals surface area contributed by atoms with Crippen LogP contribution < -0.4 is 0 Å². The van der Waals surface area contributed by atoms with Crippen LogP contribution in [0.15, 0.2) is 84.9 Å². The molecule has 0 aromatic heterocycles. The zero-order chi connectivity index (χ0) is 25.7. The van der Waals surface area contributed by atoms with Gasteiger partial charge in [-0.2, -0.15) is 0 Å². The van der Waals surface area contributed by atoms with E-state index in [0.717, 1.165) is 44.8 Å². The monoisotopic (exact) mass is 499 g/mol. The van der Waals surface area contributed by atoms with Crippen LogP contribution in [0.25, 0.3) is 0 Å². The molecular formula is C32H41N3O2. The summed E-state index contributed by atoms with van der Waals surface area (Å²) in [7, 11) is 0. The fourth-order valence-electron chi connectivity index (χ4n) is 6.00. The number of β-amino-alcohol motifs (C(OH)–C–C–N with tert-alkyl or cyclic N) is 1. The molecule has 0 aliphatic carbocycles. The minimum atomic E-state index is -0.750. The van der Waals surface area contributed by atoms with Crippen LogP contribution in [0.1, 0.15) is 41.1 Å². The van der Waals surface area contributed by atoms with E-state index < -0.39 is 5.60 Å². The van der Waals surface area contributed by atoms with Crippen molar-refractivity contribution in [2.75, 3.05) is 52.4 Å². The molecule has 0 amide bonds. The normalized spacial score (nSPS) is 20.2. The molecule has 1 unspecified atom stereocenters. The van der Waals surface area contributed by atoms with Crippen LogP contribution in [0.4, 0.5) is 0 Å². The van der Waals surface area contributed by atoms with E-state index in [1.54, 1.807) is 0 Å². The van der Waals surface area contributed by atoms with Gasteiger partial charge >= 0.3 is 0 Å². The third kappa shape index (κ3) is 6.49. The number of likely N-dealkylation sites (tertiary alicyclic amines) is 1. The summed E-state index contributed by atoms with van der Waals surface area (Å²) in [6, 6.07) is 30.1. The van der Waals surface area contributed by atoms with Crippen LogP contribution in [-0.4, -0.2) is 83.4 Å². The molecule has 2 aliphatic rings. The van der Waals surface area contributed by atoms with Crippen molar-refractivity contribution < 1.29 is 10.2 Å². The number of hydrogen-bond donors (Lipinski definition) is 2. The first kappa shape index (κ1) is 26.1. The second-order valence-electron chi connectivity index (χ2n) is 10.9. The van der Waals surface area contributed by atoms with Gasteiger partial charge in [0.2, 0.25) is 0 Å². The highest BCUT2D eigenvalue weighted by molar-refractivity contribution is 5.32. The van der Waals surface area contributed by atoms with Gasteiger partial charge in [-0.3, -0.25) is 9.80 Å². The van der Waals surface area contributed by atoms with Gasteiger partial charge in [0.1, 0.15) is 0 Å². The minimum Gasteiger partial charge on any atom is -0.390 e. The number of benzene rings is 3. The maximum Gasteiger partial charge on any atom is 0.0920 e. The molecule has 0 spiro atoms. The molecule has 3 aromatic rings. The maximum absolute atomic E-state index is 11.2. The van der Waals surface area contributed by atoms with Gasteiger partial charge in [0, 0.05) is 52.4 Å². The lowest BCUT2D eigenvalue weighted by Crippen LogP contribution is -2.51. The van der Waals surface area contributed by atoms with Crippen molar-refractivity contribution in [2.24, 2.45) is 0 Å². The predicted octanol–water partition coefficient (Wildman–Crippen LogP) is 4.05. The van der Waals surface area contributed by atoms with Gasteiger partial charge in [-0.1, -0.05) is 90.5 Å². The predicted molar refractivity (Wildman–Crippen MR) is 149 cm³/mol. The average Bonchev–Trinajstić information content (AvgIpc) is 2.93. The molecule has 5 rings (SSSR count). The van der Waals surface area contributed by atoms with E-state index in [1.807, 2.05) is 0 Å². The van der Waals surface area contributed by atoms with Gasteiger partial charge in [-0.05, 0) is 36.5 Å². The lowest BCUT2D eigenvalue weighted by Gasteiger charge is -2.41. The average molecular weight is 500 g/mol. The SMILES string of the molecule is Cc1ccc(C2(O)CCN(CC(O)CN3CCN(C(c4ccccc4)c4ccccc4)CC3)CC2)cc1. The fraction of sp³-hybridized carbons (Fsp3) is 0.438. The van der Waals surface area contributed by atoms with E-state index in [-0.39, 0.29) is 12.1 Å². The van der Waals surface area contributed by atoms with Crippen LogP contribution >= 0.6 is 0 Å². The number of hydrogen-bond acceptors (Lipinski definition) is 5. The zero-order valence-corrected chi connectivity index (χ0v) is 22.0. The van der Waals surface area contributed by atoms with Gasteiger partial charge in [0.15, 0.2) is 0 Å². The molecule has 0 saturated carbocycles. The second-order valence-corrected chi connectivity index (χ2v) is 10.9. The van der Waals surface area contributed by atoms with Crippen molar-refractivity contribution in [1.82, 2.24) is 14.7 Å². The summed E-state index contributed by atoms with van der Waals surface area (Å²) in [5.74, 6) is 0. The summed E-state index contributed by atoms with van der Waals surface area (Å²) in [6.45, 7) is 8.94. The molecule has 2 N–H and O–H groups in total. The Hall–Kier alpha value is -2.54. The Balaban J connectivity index is 1.11. The van der Waals surface area contributed by atoms with Crippen molar-refractivity contribution >= 4 is 0 Å². The van der Waals surface area contributed by atoms with E-state index in [2.05, 4.69) is 107 Å². The van der Waals surface area contributed by atoms with Crippen molar-refractivity contribution in [2.45, 2.75) is 37.5 Å². The maximum atomic E-state index is 11.2. The topological polar surface area (TPSA) is 50.2 Å².